The van der Waals surface area contributed by atoms with Crippen LogP contribution in [-0.2, 0) is 6.54 Å². The van der Waals surface area contributed by atoms with Crippen molar-refractivity contribution in [2.75, 3.05) is 14.2 Å². The average Bonchev–Trinajstić information content (AvgIpc) is 2.60. The Kier molecular flexibility index (Phi) is 6.01. The normalized spacial score (nSPS) is 11.5. The molecular formula is C18H21FN2O3. The number of halogens is 1. The van der Waals surface area contributed by atoms with E-state index in [1.807, 2.05) is 13.0 Å². The Morgan fingerprint density at radius 1 is 1.12 bits per heavy atom. The van der Waals surface area contributed by atoms with E-state index in [9.17, 15) is 9.18 Å². The molecule has 0 aliphatic carbocycles. The van der Waals surface area contributed by atoms with Crippen LogP contribution in [0.4, 0.5) is 9.18 Å². The number of amides is 2. The van der Waals surface area contributed by atoms with Crippen molar-refractivity contribution < 1.29 is 18.7 Å². The van der Waals surface area contributed by atoms with Crippen molar-refractivity contribution in [1.82, 2.24) is 10.6 Å². The van der Waals surface area contributed by atoms with Crippen molar-refractivity contribution in [2.45, 2.75) is 19.5 Å². The second-order valence-corrected chi connectivity index (χ2v) is 5.25. The van der Waals surface area contributed by atoms with Crippen molar-refractivity contribution in [3.8, 4) is 11.5 Å². The second kappa shape index (κ2) is 8.19. The van der Waals surface area contributed by atoms with Crippen molar-refractivity contribution in [3.05, 3.63) is 59.4 Å². The molecule has 24 heavy (non-hydrogen) atoms. The van der Waals surface area contributed by atoms with Gasteiger partial charge in [-0.1, -0.05) is 24.3 Å². The Balaban J connectivity index is 1.95. The Hall–Kier alpha value is -2.76. The number of rotatable bonds is 6. The fourth-order valence-corrected chi connectivity index (χ4v) is 2.27. The summed E-state index contributed by atoms with van der Waals surface area (Å²) >= 11 is 0. The highest BCUT2D eigenvalue weighted by atomic mass is 19.1. The molecule has 1 atom stereocenters. The van der Waals surface area contributed by atoms with Crippen molar-refractivity contribution >= 4 is 6.03 Å². The van der Waals surface area contributed by atoms with E-state index >= 15 is 0 Å². The molecule has 2 N–H and O–H groups in total. The van der Waals surface area contributed by atoms with Crippen LogP contribution >= 0.6 is 0 Å². The third-order valence-electron chi connectivity index (χ3n) is 3.65. The molecule has 2 amide bonds. The summed E-state index contributed by atoms with van der Waals surface area (Å²) in [7, 11) is 3.12. The first-order valence-electron chi connectivity index (χ1n) is 7.55. The van der Waals surface area contributed by atoms with Gasteiger partial charge in [0.2, 0.25) is 0 Å². The summed E-state index contributed by atoms with van der Waals surface area (Å²) in [5, 5.41) is 5.45. The van der Waals surface area contributed by atoms with Crippen LogP contribution in [0.2, 0.25) is 0 Å². The van der Waals surface area contributed by atoms with Crippen LogP contribution < -0.4 is 20.1 Å². The number of urea groups is 1. The zero-order valence-corrected chi connectivity index (χ0v) is 13.9. The molecule has 0 saturated heterocycles. The summed E-state index contributed by atoms with van der Waals surface area (Å²) in [4.78, 5) is 12.0. The summed E-state index contributed by atoms with van der Waals surface area (Å²) in [5.74, 6) is 0.874. The third-order valence-corrected chi connectivity index (χ3v) is 3.65. The third kappa shape index (κ3) is 4.38. The molecule has 5 nitrogen and oxygen atoms in total. The molecule has 2 aromatic rings. The molecule has 0 spiro atoms. The van der Waals surface area contributed by atoms with E-state index < -0.39 is 0 Å². The van der Waals surface area contributed by atoms with E-state index in [2.05, 4.69) is 10.6 Å². The van der Waals surface area contributed by atoms with Gasteiger partial charge in [0.15, 0.2) is 11.5 Å². The maximum atomic E-state index is 13.5. The zero-order chi connectivity index (χ0) is 17.5. The van der Waals surface area contributed by atoms with Crippen molar-refractivity contribution in [2.24, 2.45) is 0 Å². The fraction of sp³-hybridized carbons (Fsp3) is 0.278. The molecule has 0 aliphatic rings. The fourth-order valence-electron chi connectivity index (χ4n) is 2.27. The number of nitrogens with one attached hydrogen (secondary N) is 2. The molecule has 0 fully saturated rings. The van der Waals surface area contributed by atoms with E-state index in [0.29, 0.717) is 17.1 Å². The van der Waals surface area contributed by atoms with Gasteiger partial charge in [-0.15, -0.1) is 0 Å². The second-order valence-electron chi connectivity index (χ2n) is 5.25. The standard InChI is InChI=1S/C18H21FN2O3/c1-12(13-8-9-16(23-2)17(10-13)24-3)21-18(22)20-11-14-6-4-5-7-15(14)19/h4-10,12H,11H2,1-3H3,(H2,20,21,22). The summed E-state index contributed by atoms with van der Waals surface area (Å²) < 4.78 is 24.0. The lowest BCUT2D eigenvalue weighted by Crippen LogP contribution is -2.36. The number of hydrogen-bond acceptors (Lipinski definition) is 3. The topological polar surface area (TPSA) is 59.6 Å². The van der Waals surface area contributed by atoms with Gasteiger partial charge in [0.05, 0.1) is 20.3 Å². The van der Waals surface area contributed by atoms with Gasteiger partial charge < -0.3 is 20.1 Å². The predicted octanol–water partition coefficient (Wildman–Crippen LogP) is 3.40. The molecule has 2 rings (SSSR count). The highest BCUT2D eigenvalue weighted by Gasteiger charge is 2.13. The summed E-state index contributed by atoms with van der Waals surface area (Å²) in [6, 6.07) is 11.1. The average molecular weight is 332 g/mol. The SMILES string of the molecule is COc1ccc(C(C)NC(=O)NCc2ccccc2F)cc1OC. The Bertz CT molecular complexity index is 706. The van der Waals surface area contributed by atoms with Crippen LogP contribution in [0.15, 0.2) is 42.5 Å². The maximum absolute atomic E-state index is 13.5. The predicted molar refractivity (Wildman–Crippen MR) is 89.7 cm³/mol. The molecule has 6 heteroatoms. The molecule has 0 radical (unpaired) electrons. The highest BCUT2D eigenvalue weighted by Crippen LogP contribution is 2.29. The minimum atomic E-state index is -0.375. The van der Waals surface area contributed by atoms with E-state index in [4.69, 9.17) is 9.47 Å². The number of benzene rings is 2. The number of hydrogen-bond donors (Lipinski definition) is 2. The molecule has 0 saturated carbocycles. The monoisotopic (exact) mass is 332 g/mol. The van der Waals surface area contributed by atoms with Crippen LogP contribution in [0, 0.1) is 5.82 Å². The number of carbonyl (C=O) groups excluding carboxylic acids is 1. The Labute approximate surface area is 140 Å². The van der Waals surface area contributed by atoms with Gasteiger partial charge >= 0.3 is 6.03 Å². The minimum absolute atomic E-state index is 0.122. The Morgan fingerprint density at radius 2 is 1.83 bits per heavy atom. The smallest absolute Gasteiger partial charge is 0.315 e. The molecule has 1 unspecified atom stereocenters. The number of carbonyl (C=O) groups is 1. The van der Waals surface area contributed by atoms with Gasteiger partial charge in [-0.05, 0) is 30.7 Å². The van der Waals surface area contributed by atoms with Crippen molar-refractivity contribution in [3.63, 3.8) is 0 Å². The molecule has 0 aromatic heterocycles. The number of ether oxygens (including phenoxy) is 2. The van der Waals surface area contributed by atoms with E-state index in [1.54, 1.807) is 44.6 Å². The number of methoxy groups -OCH3 is 2. The summed E-state index contributed by atoms with van der Waals surface area (Å²) in [5.41, 5.74) is 1.31. The lowest BCUT2D eigenvalue weighted by molar-refractivity contribution is 0.237. The molecule has 0 aliphatic heterocycles. The van der Waals surface area contributed by atoms with Crippen LogP contribution in [0.5, 0.6) is 11.5 Å². The largest absolute Gasteiger partial charge is 0.493 e. The summed E-state index contributed by atoms with van der Waals surface area (Å²) in [6.07, 6.45) is 0. The van der Waals surface area contributed by atoms with Crippen molar-refractivity contribution in [1.29, 1.82) is 0 Å². The van der Waals surface area contributed by atoms with E-state index in [0.717, 1.165) is 5.56 Å². The molecule has 2 aromatic carbocycles. The van der Waals surface area contributed by atoms with Gasteiger partial charge in [0.25, 0.3) is 0 Å². The first-order chi connectivity index (χ1) is 11.5. The molecule has 0 heterocycles. The molecular weight excluding hydrogens is 311 g/mol. The quantitative estimate of drug-likeness (QED) is 0.852. The van der Waals surface area contributed by atoms with E-state index in [1.165, 1.54) is 6.07 Å². The van der Waals surface area contributed by atoms with Gasteiger partial charge in [0.1, 0.15) is 5.82 Å². The van der Waals surface area contributed by atoms with Crippen LogP contribution in [0.1, 0.15) is 24.1 Å². The lowest BCUT2D eigenvalue weighted by atomic mass is 10.1. The van der Waals surface area contributed by atoms with Crippen LogP contribution in [0.3, 0.4) is 0 Å². The van der Waals surface area contributed by atoms with Crippen LogP contribution in [-0.4, -0.2) is 20.3 Å². The minimum Gasteiger partial charge on any atom is -0.493 e. The zero-order valence-electron chi connectivity index (χ0n) is 13.9. The molecule has 128 valence electrons. The van der Waals surface area contributed by atoms with Gasteiger partial charge in [-0.3, -0.25) is 0 Å². The highest BCUT2D eigenvalue weighted by molar-refractivity contribution is 5.74. The van der Waals surface area contributed by atoms with Gasteiger partial charge in [-0.25, -0.2) is 9.18 Å². The van der Waals surface area contributed by atoms with Gasteiger partial charge in [0, 0.05) is 12.1 Å². The van der Waals surface area contributed by atoms with E-state index in [-0.39, 0.29) is 24.4 Å². The first-order valence-corrected chi connectivity index (χ1v) is 7.55. The maximum Gasteiger partial charge on any atom is 0.315 e. The summed E-state index contributed by atoms with van der Waals surface area (Å²) in [6.45, 7) is 1.97. The first kappa shape index (κ1) is 17.6. The van der Waals surface area contributed by atoms with Gasteiger partial charge in [-0.2, -0.15) is 0 Å². The Morgan fingerprint density at radius 3 is 2.50 bits per heavy atom. The lowest BCUT2D eigenvalue weighted by Gasteiger charge is -2.17. The molecule has 0 bridgehead atoms. The van der Waals surface area contributed by atoms with Crippen LogP contribution in [0.25, 0.3) is 0 Å².